The molecule has 0 saturated carbocycles. The molecule has 0 spiro atoms. The second-order valence-corrected chi connectivity index (χ2v) is 4.58. The van der Waals surface area contributed by atoms with Gasteiger partial charge in [-0.2, -0.15) is 0 Å². The van der Waals surface area contributed by atoms with Crippen molar-refractivity contribution in [3.63, 3.8) is 0 Å². The van der Waals surface area contributed by atoms with Crippen molar-refractivity contribution in [1.82, 2.24) is 0 Å². The summed E-state index contributed by atoms with van der Waals surface area (Å²) < 4.78 is 6.66. The average Bonchev–Trinajstić information content (AvgIpc) is 2.29. The fourth-order valence-electron chi connectivity index (χ4n) is 1.35. The summed E-state index contributed by atoms with van der Waals surface area (Å²) in [7, 11) is 0. The van der Waals surface area contributed by atoms with Gasteiger partial charge >= 0.3 is 0 Å². The maximum Gasteiger partial charge on any atom is 0.133 e. The minimum absolute atomic E-state index is 0. The number of nitrogens with one attached hydrogen (secondary N) is 1. The van der Waals surface area contributed by atoms with E-state index in [0.717, 1.165) is 14.9 Å². The summed E-state index contributed by atoms with van der Waals surface area (Å²) in [5, 5.41) is 0. The summed E-state index contributed by atoms with van der Waals surface area (Å²) in [5.74, 6) is 0.834. The SMILES string of the molecule is [Fe].[NH-]c1ccc(OCc2ccccc2)c(I)c1. The molecule has 2 aromatic carbocycles. The molecule has 0 unspecified atom stereocenters. The number of halogens is 1. The van der Waals surface area contributed by atoms with E-state index < -0.39 is 0 Å². The van der Waals surface area contributed by atoms with E-state index in [1.807, 2.05) is 36.4 Å². The van der Waals surface area contributed by atoms with Crippen molar-refractivity contribution >= 4 is 28.3 Å². The Kier molecular flexibility index (Phi) is 5.81. The molecule has 90 valence electrons. The Hall–Kier alpha value is -0.711. The van der Waals surface area contributed by atoms with E-state index in [0.29, 0.717) is 12.3 Å². The molecule has 2 aromatic rings. The van der Waals surface area contributed by atoms with Crippen LogP contribution in [0.2, 0.25) is 0 Å². The van der Waals surface area contributed by atoms with Crippen LogP contribution in [-0.2, 0) is 23.7 Å². The van der Waals surface area contributed by atoms with E-state index >= 15 is 0 Å². The van der Waals surface area contributed by atoms with Gasteiger partial charge < -0.3 is 10.5 Å². The number of benzene rings is 2. The molecule has 0 aliphatic carbocycles. The van der Waals surface area contributed by atoms with Gasteiger partial charge in [-0.1, -0.05) is 42.5 Å². The molecule has 2 rings (SSSR count). The van der Waals surface area contributed by atoms with Crippen LogP contribution in [0.1, 0.15) is 5.56 Å². The van der Waals surface area contributed by atoms with Crippen LogP contribution in [0, 0.1) is 3.57 Å². The van der Waals surface area contributed by atoms with Crippen LogP contribution in [0.4, 0.5) is 5.69 Å². The summed E-state index contributed by atoms with van der Waals surface area (Å²) in [5.41, 5.74) is 9.13. The first-order chi connectivity index (χ1) is 7.75. The molecule has 17 heavy (non-hydrogen) atoms. The molecule has 0 amide bonds. The summed E-state index contributed by atoms with van der Waals surface area (Å²) >= 11 is 2.18. The van der Waals surface area contributed by atoms with Crippen molar-refractivity contribution in [3.8, 4) is 5.75 Å². The third kappa shape index (κ3) is 4.22. The number of ether oxygens (including phenoxy) is 1. The molecule has 0 fully saturated rings. The largest absolute Gasteiger partial charge is 0.699 e. The number of hydrogen-bond donors (Lipinski definition) is 0. The predicted molar refractivity (Wildman–Crippen MR) is 73.9 cm³/mol. The Morgan fingerprint density at radius 1 is 1.06 bits per heavy atom. The zero-order valence-electron chi connectivity index (χ0n) is 8.97. The minimum atomic E-state index is 0. The van der Waals surface area contributed by atoms with Crippen LogP contribution in [0.3, 0.4) is 0 Å². The standard InChI is InChI=1S/C13H11INO.Fe/c14-12-8-11(15)6-7-13(12)16-9-10-4-2-1-3-5-10;/h1-8,15H,9H2;/q-1;. The van der Waals surface area contributed by atoms with Crippen molar-refractivity contribution in [2.75, 3.05) is 0 Å². The summed E-state index contributed by atoms with van der Waals surface area (Å²) in [6.07, 6.45) is 0. The molecule has 4 heteroatoms. The molecular formula is C13H11FeINO-. The Bertz CT molecular complexity index is 476. The zero-order valence-corrected chi connectivity index (χ0v) is 12.2. The van der Waals surface area contributed by atoms with E-state index in [2.05, 4.69) is 22.6 Å². The van der Waals surface area contributed by atoms with Gasteiger partial charge in [0.1, 0.15) is 12.4 Å². The number of hydrogen-bond acceptors (Lipinski definition) is 1. The van der Waals surface area contributed by atoms with Crippen LogP contribution in [-0.4, -0.2) is 0 Å². The normalized spacial score (nSPS) is 9.47. The molecule has 0 bridgehead atoms. The predicted octanol–water partition coefficient (Wildman–Crippen LogP) is 4.55. The van der Waals surface area contributed by atoms with Gasteiger partial charge in [-0.3, -0.25) is 0 Å². The van der Waals surface area contributed by atoms with E-state index in [4.69, 9.17) is 10.5 Å². The van der Waals surface area contributed by atoms with Gasteiger partial charge in [-0.25, -0.2) is 0 Å². The first kappa shape index (κ1) is 14.4. The van der Waals surface area contributed by atoms with Gasteiger partial charge in [0, 0.05) is 17.1 Å². The van der Waals surface area contributed by atoms with Crippen LogP contribution in [0.25, 0.3) is 5.73 Å². The van der Waals surface area contributed by atoms with Gasteiger partial charge in [0.2, 0.25) is 0 Å². The fraction of sp³-hybridized carbons (Fsp3) is 0.0769. The van der Waals surface area contributed by atoms with Gasteiger partial charge in [0.15, 0.2) is 0 Å². The topological polar surface area (TPSA) is 33.0 Å². The van der Waals surface area contributed by atoms with E-state index in [1.54, 1.807) is 12.1 Å². The zero-order chi connectivity index (χ0) is 11.4. The second-order valence-electron chi connectivity index (χ2n) is 3.42. The molecule has 2 nitrogen and oxygen atoms in total. The average molecular weight is 380 g/mol. The quantitative estimate of drug-likeness (QED) is 0.568. The van der Waals surface area contributed by atoms with Crippen molar-refractivity contribution in [1.29, 1.82) is 0 Å². The first-order valence-electron chi connectivity index (χ1n) is 4.93. The summed E-state index contributed by atoms with van der Waals surface area (Å²) in [6, 6.07) is 15.4. The van der Waals surface area contributed by atoms with E-state index in [-0.39, 0.29) is 17.1 Å². The Morgan fingerprint density at radius 3 is 2.41 bits per heavy atom. The Morgan fingerprint density at radius 2 is 1.76 bits per heavy atom. The second kappa shape index (κ2) is 6.89. The van der Waals surface area contributed by atoms with Crippen molar-refractivity contribution < 1.29 is 21.8 Å². The molecule has 0 saturated heterocycles. The van der Waals surface area contributed by atoms with Gasteiger partial charge in [0.25, 0.3) is 0 Å². The maximum atomic E-state index is 7.47. The third-order valence-corrected chi connectivity index (χ3v) is 3.01. The monoisotopic (exact) mass is 380 g/mol. The molecular weight excluding hydrogens is 369 g/mol. The van der Waals surface area contributed by atoms with Gasteiger partial charge in [-0.05, 0) is 34.2 Å². The van der Waals surface area contributed by atoms with Gasteiger partial charge in [0.05, 0.1) is 3.57 Å². The molecule has 0 atom stereocenters. The third-order valence-electron chi connectivity index (χ3n) is 2.17. The smallest absolute Gasteiger partial charge is 0.133 e. The maximum absolute atomic E-state index is 7.47. The van der Waals surface area contributed by atoms with Crippen molar-refractivity contribution in [2.24, 2.45) is 0 Å². The van der Waals surface area contributed by atoms with Crippen molar-refractivity contribution in [2.45, 2.75) is 6.61 Å². The van der Waals surface area contributed by atoms with E-state index in [1.165, 1.54) is 0 Å². The van der Waals surface area contributed by atoms with Crippen molar-refractivity contribution in [3.05, 3.63) is 63.4 Å². The summed E-state index contributed by atoms with van der Waals surface area (Å²) in [6.45, 7) is 0.564. The number of rotatable bonds is 3. The molecule has 0 aliphatic heterocycles. The minimum Gasteiger partial charge on any atom is -0.699 e. The van der Waals surface area contributed by atoms with Crippen LogP contribution < -0.4 is 4.74 Å². The first-order valence-corrected chi connectivity index (χ1v) is 6.01. The van der Waals surface area contributed by atoms with Crippen LogP contribution in [0.5, 0.6) is 5.75 Å². The summed E-state index contributed by atoms with van der Waals surface area (Å²) in [4.78, 5) is 0. The van der Waals surface area contributed by atoms with Crippen LogP contribution in [0.15, 0.2) is 48.5 Å². The Labute approximate surface area is 125 Å². The Balaban J connectivity index is 0.00000144. The molecule has 0 aliphatic rings. The van der Waals surface area contributed by atoms with Gasteiger partial charge in [-0.15, -0.1) is 5.69 Å². The molecule has 0 heterocycles. The molecule has 0 radical (unpaired) electrons. The fourth-order valence-corrected chi connectivity index (χ4v) is 2.02. The van der Waals surface area contributed by atoms with E-state index in [9.17, 15) is 0 Å². The van der Waals surface area contributed by atoms with Crippen LogP contribution >= 0.6 is 22.6 Å². The molecule has 1 N–H and O–H groups in total. The molecule has 0 aromatic heterocycles.